The lowest BCUT2D eigenvalue weighted by molar-refractivity contribution is 0.0472. The van der Waals surface area contributed by atoms with Crippen LogP contribution in [0.2, 0.25) is 0 Å². The molecular formula is C21H26N2O2. The third-order valence-electron chi connectivity index (χ3n) is 4.72. The molecule has 0 spiro atoms. The Morgan fingerprint density at radius 3 is 2.40 bits per heavy atom. The number of carbonyl (C=O) groups is 1. The predicted molar refractivity (Wildman–Crippen MR) is 99.4 cm³/mol. The summed E-state index contributed by atoms with van der Waals surface area (Å²) < 4.78 is 5.36. The highest BCUT2D eigenvalue weighted by Crippen LogP contribution is 2.11. The van der Waals surface area contributed by atoms with E-state index < -0.39 is 0 Å². The van der Waals surface area contributed by atoms with Crippen molar-refractivity contribution in [2.45, 2.75) is 32.0 Å². The average molecular weight is 338 g/mol. The van der Waals surface area contributed by atoms with Crippen molar-refractivity contribution in [3.63, 3.8) is 0 Å². The molecule has 2 aromatic rings. The quantitative estimate of drug-likeness (QED) is 0.821. The fourth-order valence-corrected chi connectivity index (χ4v) is 3.04. The maximum atomic E-state index is 12.1. The van der Waals surface area contributed by atoms with E-state index >= 15 is 0 Å². The molecule has 0 bridgehead atoms. The third kappa shape index (κ3) is 5.41. The van der Waals surface area contributed by atoms with Gasteiger partial charge >= 0.3 is 5.97 Å². The lowest BCUT2D eigenvalue weighted by Crippen LogP contribution is -2.40. The summed E-state index contributed by atoms with van der Waals surface area (Å²) in [6, 6.07) is 18.0. The van der Waals surface area contributed by atoms with E-state index in [1.165, 1.54) is 18.4 Å². The molecule has 0 radical (unpaired) electrons. The van der Waals surface area contributed by atoms with Crippen molar-refractivity contribution in [3.05, 3.63) is 71.3 Å². The monoisotopic (exact) mass is 338 g/mol. The Labute approximate surface area is 149 Å². The van der Waals surface area contributed by atoms with E-state index in [0.29, 0.717) is 18.2 Å². The van der Waals surface area contributed by atoms with Crippen LogP contribution in [0.15, 0.2) is 54.6 Å². The van der Waals surface area contributed by atoms with Gasteiger partial charge in [-0.2, -0.15) is 0 Å². The maximum absolute atomic E-state index is 12.1. The van der Waals surface area contributed by atoms with E-state index in [4.69, 9.17) is 4.74 Å². The van der Waals surface area contributed by atoms with Crippen molar-refractivity contribution in [2.24, 2.45) is 0 Å². The summed E-state index contributed by atoms with van der Waals surface area (Å²) in [4.78, 5) is 14.5. The van der Waals surface area contributed by atoms with Crippen molar-refractivity contribution < 1.29 is 9.53 Å². The van der Waals surface area contributed by atoms with Crippen LogP contribution in [0.3, 0.4) is 0 Å². The van der Waals surface area contributed by atoms with Crippen LogP contribution in [0.25, 0.3) is 0 Å². The number of hydrogen-bond donors (Lipinski definition) is 1. The van der Waals surface area contributed by atoms with Crippen LogP contribution in [0.1, 0.15) is 34.3 Å². The van der Waals surface area contributed by atoms with Gasteiger partial charge in [0.15, 0.2) is 0 Å². The van der Waals surface area contributed by atoms with E-state index in [1.54, 1.807) is 0 Å². The number of nitrogens with one attached hydrogen (secondary N) is 1. The van der Waals surface area contributed by atoms with Crippen LogP contribution in [0.4, 0.5) is 0 Å². The Kier molecular flexibility index (Phi) is 6.20. The van der Waals surface area contributed by atoms with Crippen molar-refractivity contribution in [3.8, 4) is 0 Å². The first kappa shape index (κ1) is 17.6. The number of likely N-dealkylation sites (tertiary alicyclic amines) is 1. The summed E-state index contributed by atoms with van der Waals surface area (Å²) in [6.07, 6.45) is 2.39. The highest BCUT2D eigenvalue weighted by molar-refractivity contribution is 5.89. The molecule has 1 N–H and O–H groups in total. The molecule has 25 heavy (non-hydrogen) atoms. The van der Waals surface area contributed by atoms with Gasteiger partial charge in [-0.25, -0.2) is 4.79 Å². The number of benzene rings is 2. The Balaban J connectivity index is 1.45. The average Bonchev–Trinajstić information content (AvgIpc) is 2.67. The van der Waals surface area contributed by atoms with E-state index in [0.717, 1.165) is 25.2 Å². The lowest BCUT2D eigenvalue weighted by Gasteiger charge is -2.29. The second-order valence-corrected chi connectivity index (χ2v) is 6.72. The van der Waals surface area contributed by atoms with Crippen LogP contribution in [0, 0.1) is 0 Å². The van der Waals surface area contributed by atoms with Crippen LogP contribution in [-0.2, 0) is 17.9 Å². The molecule has 2 aromatic carbocycles. The summed E-state index contributed by atoms with van der Waals surface area (Å²) in [5.41, 5.74) is 2.78. The summed E-state index contributed by atoms with van der Waals surface area (Å²) in [5.74, 6) is -0.279. The van der Waals surface area contributed by atoms with Crippen LogP contribution >= 0.6 is 0 Å². The molecule has 0 amide bonds. The number of nitrogens with zero attached hydrogens (tertiary/aromatic N) is 1. The number of carbonyl (C=O) groups excluding carboxylic acids is 1. The standard InChI is InChI=1S/C21H26N2O2/c1-23-13-11-20(12-14-23)22-15-17-7-9-19(10-8-17)21(24)25-16-18-5-3-2-4-6-18/h2-10,20,22H,11-16H2,1H3. The normalized spacial score (nSPS) is 15.9. The molecule has 4 nitrogen and oxygen atoms in total. The molecule has 1 fully saturated rings. The summed E-state index contributed by atoms with van der Waals surface area (Å²) in [7, 11) is 2.17. The maximum Gasteiger partial charge on any atom is 0.338 e. The van der Waals surface area contributed by atoms with Gasteiger partial charge < -0.3 is 15.0 Å². The molecule has 1 aliphatic heterocycles. The fourth-order valence-electron chi connectivity index (χ4n) is 3.04. The highest BCUT2D eigenvalue weighted by Gasteiger charge is 2.15. The summed E-state index contributed by atoms with van der Waals surface area (Å²) in [5, 5.41) is 3.61. The minimum Gasteiger partial charge on any atom is -0.457 e. The second kappa shape index (κ2) is 8.79. The molecule has 0 atom stereocenters. The van der Waals surface area contributed by atoms with Crippen LogP contribution in [-0.4, -0.2) is 37.0 Å². The highest BCUT2D eigenvalue weighted by atomic mass is 16.5. The van der Waals surface area contributed by atoms with Gasteiger partial charge in [-0.15, -0.1) is 0 Å². The molecular weight excluding hydrogens is 312 g/mol. The van der Waals surface area contributed by atoms with Crippen molar-refractivity contribution in [2.75, 3.05) is 20.1 Å². The number of rotatable bonds is 6. The number of piperidine rings is 1. The minimum atomic E-state index is -0.279. The van der Waals surface area contributed by atoms with E-state index in [-0.39, 0.29) is 5.97 Å². The molecule has 0 unspecified atom stereocenters. The fraction of sp³-hybridized carbons (Fsp3) is 0.381. The predicted octanol–water partition coefficient (Wildman–Crippen LogP) is 3.23. The summed E-state index contributed by atoms with van der Waals surface area (Å²) >= 11 is 0. The second-order valence-electron chi connectivity index (χ2n) is 6.72. The number of esters is 1. The van der Waals surface area contributed by atoms with Gasteiger partial charge in [0.25, 0.3) is 0 Å². The number of ether oxygens (including phenoxy) is 1. The Hall–Kier alpha value is -2.17. The number of hydrogen-bond acceptors (Lipinski definition) is 4. The first-order chi connectivity index (χ1) is 12.2. The van der Waals surface area contributed by atoms with Gasteiger partial charge in [0.1, 0.15) is 6.61 Å². The Bertz CT molecular complexity index is 662. The van der Waals surface area contributed by atoms with E-state index in [2.05, 4.69) is 17.3 Å². The molecule has 1 aliphatic rings. The van der Waals surface area contributed by atoms with Gasteiger partial charge in [-0.1, -0.05) is 42.5 Å². The molecule has 132 valence electrons. The largest absolute Gasteiger partial charge is 0.457 e. The molecule has 1 heterocycles. The van der Waals surface area contributed by atoms with Crippen LogP contribution < -0.4 is 5.32 Å². The molecule has 3 rings (SSSR count). The van der Waals surface area contributed by atoms with Gasteiger partial charge in [0.2, 0.25) is 0 Å². The van der Waals surface area contributed by atoms with E-state index in [9.17, 15) is 4.79 Å². The Morgan fingerprint density at radius 2 is 1.72 bits per heavy atom. The van der Waals surface area contributed by atoms with Crippen molar-refractivity contribution in [1.29, 1.82) is 0 Å². The molecule has 0 saturated carbocycles. The zero-order chi connectivity index (χ0) is 17.5. The third-order valence-corrected chi connectivity index (χ3v) is 4.72. The van der Waals surface area contributed by atoms with E-state index in [1.807, 2.05) is 54.6 Å². The first-order valence-electron chi connectivity index (χ1n) is 8.92. The molecule has 1 saturated heterocycles. The summed E-state index contributed by atoms with van der Waals surface area (Å²) in [6.45, 7) is 3.46. The van der Waals surface area contributed by atoms with Crippen molar-refractivity contribution in [1.82, 2.24) is 10.2 Å². The van der Waals surface area contributed by atoms with Gasteiger partial charge in [0, 0.05) is 12.6 Å². The first-order valence-corrected chi connectivity index (χ1v) is 8.92. The van der Waals surface area contributed by atoms with Crippen molar-refractivity contribution >= 4 is 5.97 Å². The van der Waals surface area contributed by atoms with Gasteiger partial charge in [-0.05, 0) is 56.2 Å². The van der Waals surface area contributed by atoms with Crippen LogP contribution in [0.5, 0.6) is 0 Å². The van der Waals surface area contributed by atoms with Gasteiger partial charge in [0.05, 0.1) is 5.56 Å². The SMILES string of the molecule is CN1CCC(NCc2ccc(C(=O)OCc3ccccc3)cc2)CC1. The lowest BCUT2D eigenvalue weighted by atomic mass is 10.0. The smallest absolute Gasteiger partial charge is 0.338 e. The molecule has 0 aromatic heterocycles. The minimum absolute atomic E-state index is 0.279. The zero-order valence-corrected chi connectivity index (χ0v) is 14.8. The molecule has 0 aliphatic carbocycles. The topological polar surface area (TPSA) is 41.6 Å². The molecule has 4 heteroatoms. The zero-order valence-electron chi connectivity index (χ0n) is 14.8. The Morgan fingerprint density at radius 1 is 1.04 bits per heavy atom. The van der Waals surface area contributed by atoms with Gasteiger partial charge in [-0.3, -0.25) is 0 Å².